The summed E-state index contributed by atoms with van der Waals surface area (Å²) < 4.78 is -0.0955. The summed E-state index contributed by atoms with van der Waals surface area (Å²) >= 11 is 4.95. The summed E-state index contributed by atoms with van der Waals surface area (Å²) in [6, 6.07) is 4.74. The highest BCUT2D eigenvalue weighted by Crippen LogP contribution is 2.48. The van der Waals surface area contributed by atoms with E-state index >= 15 is 0 Å². The van der Waals surface area contributed by atoms with E-state index in [-0.39, 0.29) is 32.4 Å². The van der Waals surface area contributed by atoms with Gasteiger partial charge in [0, 0.05) is 10.8 Å². The Morgan fingerprint density at radius 3 is 1.42 bits per heavy atom. The molecule has 0 aliphatic carbocycles. The van der Waals surface area contributed by atoms with Crippen molar-refractivity contribution in [2.45, 2.75) is 162 Å². The van der Waals surface area contributed by atoms with Crippen molar-refractivity contribution in [3.05, 3.63) is 34.4 Å². The van der Waals surface area contributed by atoms with Gasteiger partial charge in [0.2, 0.25) is 0 Å². The van der Waals surface area contributed by atoms with Gasteiger partial charge in [0.15, 0.2) is 0 Å². The Labute approximate surface area is 231 Å². The molecule has 0 saturated carbocycles. The molecule has 0 amide bonds. The van der Waals surface area contributed by atoms with Crippen LogP contribution in [-0.2, 0) is 21.8 Å². The van der Waals surface area contributed by atoms with Crippen molar-refractivity contribution >= 4 is 12.6 Å². The molecule has 0 fully saturated rings. The topological polar surface area (TPSA) is 46.2 Å². The molecule has 0 aliphatic heterocycles. The number of hydrogen-bond acceptors (Lipinski definition) is 3. The second kappa shape index (κ2) is 10.9. The van der Waals surface area contributed by atoms with Crippen LogP contribution in [0.15, 0.2) is 12.1 Å². The standard InChI is InChI=1S/C33H61NOS/c1-22(2)18-29(7,8)26-16-24(31(11,12)21-32(13,14)36)25(30(9,10)20-28(4,5)6)17-27(26)33(15,35)19-23(3)34/h16-17,22-23,35-36H,18-21,34H2,1-15H3. The Bertz CT molecular complexity index is 803. The van der Waals surface area contributed by atoms with Gasteiger partial charge in [-0.05, 0) is 89.4 Å². The molecule has 210 valence electrons. The van der Waals surface area contributed by atoms with Crippen LogP contribution in [0, 0.1) is 11.3 Å². The van der Waals surface area contributed by atoms with Gasteiger partial charge in [-0.3, -0.25) is 0 Å². The maximum atomic E-state index is 11.9. The Morgan fingerprint density at radius 1 is 0.667 bits per heavy atom. The summed E-state index contributed by atoms with van der Waals surface area (Å²) in [5.41, 5.74) is 10.3. The number of rotatable bonds is 11. The van der Waals surface area contributed by atoms with Crippen molar-refractivity contribution in [2.75, 3.05) is 0 Å². The van der Waals surface area contributed by atoms with Gasteiger partial charge in [-0.2, -0.15) is 12.6 Å². The molecule has 2 unspecified atom stereocenters. The van der Waals surface area contributed by atoms with Gasteiger partial charge in [0.25, 0.3) is 0 Å². The fourth-order valence-electron chi connectivity index (χ4n) is 7.19. The van der Waals surface area contributed by atoms with Crippen LogP contribution in [0.1, 0.15) is 152 Å². The zero-order valence-corrected chi connectivity index (χ0v) is 27.5. The minimum absolute atomic E-state index is 0.0640. The lowest BCUT2D eigenvalue weighted by atomic mass is 9.63. The maximum absolute atomic E-state index is 11.9. The molecule has 1 aromatic rings. The van der Waals surface area contributed by atoms with E-state index in [0.717, 1.165) is 24.8 Å². The summed E-state index contributed by atoms with van der Waals surface area (Å²) in [4.78, 5) is 0. The molecule has 36 heavy (non-hydrogen) atoms. The van der Waals surface area contributed by atoms with E-state index in [4.69, 9.17) is 18.4 Å². The van der Waals surface area contributed by atoms with Crippen LogP contribution < -0.4 is 5.73 Å². The van der Waals surface area contributed by atoms with E-state index in [1.54, 1.807) is 0 Å². The monoisotopic (exact) mass is 519 g/mol. The van der Waals surface area contributed by atoms with Crippen molar-refractivity contribution in [1.82, 2.24) is 0 Å². The second-order valence-electron chi connectivity index (χ2n) is 16.4. The zero-order chi connectivity index (χ0) is 28.7. The van der Waals surface area contributed by atoms with E-state index in [9.17, 15) is 5.11 Å². The molecule has 3 N–H and O–H groups in total. The van der Waals surface area contributed by atoms with Gasteiger partial charge in [-0.25, -0.2) is 0 Å². The Morgan fingerprint density at radius 2 is 1.06 bits per heavy atom. The molecule has 0 spiro atoms. The molecule has 0 aromatic heterocycles. The Hall–Kier alpha value is -0.510. The molecule has 0 radical (unpaired) electrons. The SMILES string of the molecule is CC(C)CC(C)(C)c1cc(C(C)(C)CC(C)(C)S)c(C(C)(C)CC(C)(C)C)cc1C(C)(O)CC(C)N. The van der Waals surface area contributed by atoms with E-state index in [1.807, 2.05) is 13.8 Å². The van der Waals surface area contributed by atoms with Gasteiger partial charge in [-0.15, -0.1) is 0 Å². The molecule has 0 bridgehead atoms. The number of benzene rings is 1. The second-order valence-corrected chi connectivity index (χ2v) is 17.6. The predicted molar refractivity (Wildman–Crippen MR) is 165 cm³/mol. The first kappa shape index (κ1) is 33.5. The third-order valence-corrected chi connectivity index (χ3v) is 7.57. The van der Waals surface area contributed by atoms with Crippen LogP contribution in [0.2, 0.25) is 0 Å². The predicted octanol–water partition coefficient (Wildman–Crippen LogP) is 9.05. The highest BCUT2D eigenvalue weighted by molar-refractivity contribution is 7.81. The molecule has 1 rings (SSSR count). The molecule has 0 aliphatic rings. The highest BCUT2D eigenvalue weighted by Gasteiger charge is 2.41. The number of thiol groups is 1. The maximum Gasteiger partial charge on any atom is 0.0886 e. The molecule has 3 heteroatoms. The van der Waals surface area contributed by atoms with Crippen LogP contribution in [-0.4, -0.2) is 15.9 Å². The zero-order valence-electron chi connectivity index (χ0n) is 26.6. The molecule has 0 heterocycles. The largest absolute Gasteiger partial charge is 0.385 e. The van der Waals surface area contributed by atoms with E-state index in [0.29, 0.717) is 12.3 Å². The molecule has 2 atom stereocenters. The lowest BCUT2D eigenvalue weighted by Crippen LogP contribution is -2.38. The lowest BCUT2D eigenvalue weighted by Gasteiger charge is -2.43. The van der Waals surface area contributed by atoms with Crippen LogP contribution in [0.25, 0.3) is 0 Å². The number of hydrogen-bond donors (Lipinski definition) is 3. The van der Waals surface area contributed by atoms with Gasteiger partial charge in [0.05, 0.1) is 5.60 Å². The van der Waals surface area contributed by atoms with E-state index in [2.05, 4.69) is 102 Å². The highest BCUT2D eigenvalue weighted by atomic mass is 32.1. The lowest BCUT2D eigenvalue weighted by molar-refractivity contribution is 0.0399. The molecule has 0 saturated heterocycles. The van der Waals surface area contributed by atoms with Crippen molar-refractivity contribution in [3.8, 4) is 0 Å². The van der Waals surface area contributed by atoms with Crippen LogP contribution in [0.4, 0.5) is 0 Å². The molecular weight excluding hydrogens is 458 g/mol. The summed E-state index contributed by atoms with van der Waals surface area (Å²) in [5, 5.41) is 11.9. The average Bonchev–Trinajstić information content (AvgIpc) is 2.54. The van der Waals surface area contributed by atoms with Gasteiger partial charge in [0.1, 0.15) is 0 Å². The molecule has 1 aromatic carbocycles. The van der Waals surface area contributed by atoms with Crippen LogP contribution in [0.3, 0.4) is 0 Å². The first-order valence-electron chi connectivity index (χ1n) is 14.1. The molecular formula is C33H61NOS. The minimum atomic E-state index is -1.00. The normalized spacial score (nSPS) is 16.9. The smallest absolute Gasteiger partial charge is 0.0886 e. The quantitative estimate of drug-likeness (QED) is 0.255. The van der Waals surface area contributed by atoms with Gasteiger partial charge in [-0.1, -0.05) is 102 Å². The first-order chi connectivity index (χ1) is 15.7. The summed E-state index contributed by atoms with van der Waals surface area (Å²) in [5.74, 6) is 0.552. The van der Waals surface area contributed by atoms with Crippen molar-refractivity contribution in [2.24, 2.45) is 17.1 Å². The summed E-state index contributed by atoms with van der Waals surface area (Å²) in [7, 11) is 0. The number of aliphatic hydroxyl groups is 1. The van der Waals surface area contributed by atoms with Crippen molar-refractivity contribution < 1.29 is 5.11 Å². The van der Waals surface area contributed by atoms with E-state index < -0.39 is 5.60 Å². The molecule has 2 nitrogen and oxygen atoms in total. The summed E-state index contributed by atoms with van der Waals surface area (Å²) in [6.07, 6.45) is 3.60. The summed E-state index contributed by atoms with van der Waals surface area (Å²) in [6.45, 7) is 34.1. The fourth-order valence-corrected chi connectivity index (χ4v) is 7.59. The van der Waals surface area contributed by atoms with Gasteiger partial charge >= 0.3 is 0 Å². The fraction of sp³-hybridized carbons (Fsp3) is 0.818. The third kappa shape index (κ3) is 9.35. The Balaban J connectivity index is 4.19. The Kier molecular flexibility index (Phi) is 10.2. The first-order valence-corrected chi connectivity index (χ1v) is 14.6. The van der Waals surface area contributed by atoms with Gasteiger partial charge < -0.3 is 10.8 Å². The third-order valence-electron chi connectivity index (χ3n) is 7.41. The van der Waals surface area contributed by atoms with Crippen LogP contribution >= 0.6 is 12.6 Å². The van der Waals surface area contributed by atoms with Crippen molar-refractivity contribution in [1.29, 1.82) is 0 Å². The average molecular weight is 520 g/mol. The van der Waals surface area contributed by atoms with Crippen molar-refractivity contribution in [3.63, 3.8) is 0 Å². The van der Waals surface area contributed by atoms with Crippen LogP contribution in [0.5, 0.6) is 0 Å². The number of nitrogens with two attached hydrogens (primary N) is 1. The van der Waals surface area contributed by atoms with E-state index in [1.165, 1.54) is 16.7 Å². The minimum Gasteiger partial charge on any atom is -0.385 e.